The summed E-state index contributed by atoms with van der Waals surface area (Å²) in [6.07, 6.45) is 1.12. The van der Waals surface area contributed by atoms with E-state index in [1.54, 1.807) is 0 Å². The topological polar surface area (TPSA) is 129 Å². The van der Waals surface area contributed by atoms with E-state index in [1.807, 2.05) is 0 Å². The van der Waals surface area contributed by atoms with E-state index in [9.17, 15) is 8.42 Å². The summed E-state index contributed by atoms with van der Waals surface area (Å²) in [6.45, 7) is 3.11. The molecule has 3 N–H and O–H groups in total. The van der Waals surface area contributed by atoms with Gasteiger partial charge in [-0.1, -0.05) is 6.08 Å². The average molecular weight is 244 g/mol. The van der Waals surface area contributed by atoms with Crippen LogP contribution in [0.25, 0.3) is 0 Å². The normalized spacial score (nSPS) is 10.4. The minimum absolute atomic E-state index is 0. The van der Waals surface area contributed by atoms with Crippen molar-refractivity contribution in [3.8, 4) is 0 Å². The Hall–Kier alpha value is 0.520. The summed E-state index contributed by atoms with van der Waals surface area (Å²) in [4.78, 5) is 0. The molecule has 0 fully saturated rings. The molecule has 0 aromatic heterocycles. The molecular formula is C3H9NaO7S2. The first-order chi connectivity index (χ1) is 5.06. The zero-order chi connectivity index (χ0) is 10.4. The van der Waals surface area contributed by atoms with Gasteiger partial charge in [-0.15, -0.1) is 6.58 Å². The fourth-order valence-electron chi connectivity index (χ4n) is 0.149. The van der Waals surface area contributed by atoms with Crippen molar-refractivity contribution in [2.24, 2.45) is 0 Å². The van der Waals surface area contributed by atoms with E-state index in [-0.39, 0.29) is 36.7 Å². The summed E-state index contributed by atoms with van der Waals surface area (Å²) < 4.78 is 58.9. The van der Waals surface area contributed by atoms with Crippen LogP contribution in [0.5, 0.6) is 0 Å². The molecule has 13 heavy (non-hydrogen) atoms. The second kappa shape index (κ2) is 7.88. The molecule has 0 unspecified atom stereocenters. The third-order valence-electron chi connectivity index (χ3n) is 0.328. The van der Waals surface area contributed by atoms with Crippen molar-refractivity contribution in [3.63, 3.8) is 0 Å². The first kappa shape index (κ1) is 19.1. The van der Waals surface area contributed by atoms with Crippen LogP contribution in [-0.2, 0) is 20.5 Å². The first-order valence-corrected chi connectivity index (χ1v) is 5.33. The minimum Gasteiger partial charge on any atom is -1.00 e. The van der Waals surface area contributed by atoms with Gasteiger partial charge >= 0.3 is 40.0 Å². The molecule has 0 heterocycles. The van der Waals surface area contributed by atoms with Gasteiger partial charge in [0, 0.05) is 0 Å². The van der Waals surface area contributed by atoms with Gasteiger partial charge in [0.25, 0.3) is 10.1 Å². The Kier molecular flexibility index (Phi) is 11.6. The second-order valence-corrected chi connectivity index (χ2v) is 3.88. The van der Waals surface area contributed by atoms with Gasteiger partial charge in [0.15, 0.2) is 0 Å². The molecule has 0 saturated heterocycles. The van der Waals surface area contributed by atoms with E-state index in [0.29, 0.717) is 0 Å². The Labute approximate surface area is 99.9 Å². The van der Waals surface area contributed by atoms with Crippen LogP contribution in [0.4, 0.5) is 0 Å². The summed E-state index contributed by atoms with van der Waals surface area (Å²) >= 11 is 0. The minimum atomic E-state index is -4.67. The zero-order valence-corrected chi connectivity index (χ0v) is 10.4. The molecule has 0 aliphatic heterocycles. The third-order valence-corrected chi connectivity index (χ3v) is 0.985. The second-order valence-electron chi connectivity index (χ2n) is 1.49. The maximum atomic E-state index is 9.72. The van der Waals surface area contributed by atoms with Gasteiger partial charge in [0.1, 0.15) is 0 Å². The molecule has 0 aromatic rings. The van der Waals surface area contributed by atoms with Gasteiger partial charge in [-0.05, 0) is 0 Å². The maximum Gasteiger partial charge on any atom is 1.00 e. The number of hydrogen-bond donors (Lipinski definition) is 3. The molecule has 0 aromatic carbocycles. The van der Waals surface area contributed by atoms with Gasteiger partial charge < -0.3 is 1.43 Å². The van der Waals surface area contributed by atoms with Crippen molar-refractivity contribution < 1.29 is 61.5 Å². The molecule has 0 rings (SSSR count). The van der Waals surface area contributed by atoms with Crippen LogP contribution < -0.4 is 29.6 Å². The third kappa shape index (κ3) is 67.8. The molecule has 7 nitrogen and oxygen atoms in total. The molecule has 0 saturated carbocycles. The molecule has 0 spiro atoms. The van der Waals surface area contributed by atoms with Crippen molar-refractivity contribution in [2.45, 2.75) is 0 Å². The van der Waals surface area contributed by atoms with Crippen molar-refractivity contribution in [1.82, 2.24) is 0 Å². The molecule has 0 radical (unpaired) electrons. The Bertz CT molecular complexity index is 311. The summed E-state index contributed by atoms with van der Waals surface area (Å²) in [5.41, 5.74) is 0. The molecule has 76 valence electrons. The zero-order valence-electron chi connectivity index (χ0n) is 7.78. The van der Waals surface area contributed by atoms with Crippen molar-refractivity contribution in [3.05, 3.63) is 12.7 Å². The van der Waals surface area contributed by atoms with E-state index in [2.05, 4.69) is 6.58 Å². The largest absolute Gasteiger partial charge is 1.00 e. The molecule has 0 atom stereocenters. The van der Waals surface area contributed by atoms with Crippen LogP contribution in [0.15, 0.2) is 12.7 Å². The Morgan fingerprint density at radius 3 is 1.38 bits per heavy atom. The van der Waals surface area contributed by atoms with Gasteiger partial charge in [0.05, 0.1) is 5.75 Å². The Morgan fingerprint density at radius 2 is 1.38 bits per heavy atom. The SMILES string of the molecule is C=CCS(=O)(=O)O.O=S(=O)(O)O.[H-].[Na+]. The Morgan fingerprint density at radius 1 is 1.15 bits per heavy atom. The van der Waals surface area contributed by atoms with E-state index in [4.69, 9.17) is 22.1 Å². The fraction of sp³-hybridized carbons (Fsp3) is 0.333. The molecule has 0 amide bonds. The molecule has 10 heteroatoms. The van der Waals surface area contributed by atoms with Gasteiger partial charge in [0.2, 0.25) is 0 Å². The molecule has 0 bridgehead atoms. The van der Waals surface area contributed by atoms with Crippen molar-refractivity contribution in [1.29, 1.82) is 0 Å². The standard InChI is InChI=1S/C3H6O3S.Na.H2O4S.H/c1-2-3-7(4,5)6;;1-5(2,3)4;/h2H,1,3H2,(H,4,5,6);;(H2,1,2,3,4);/q;+1;;-1. The van der Waals surface area contributed by atoms with Crippen LogP contribution in [0.3, 0.4) is 0 Å². The van der Waals surface area contributed by atoms with Gasteiger partial charge in [-0.25, -0.2) is 0 Å². The first-order valence-electron chi connectivity index (χ1n) is 2.32. The van der Waals surface area contributed by atoms with E-state index in [0.717, 1.165) is 6.08 Å². The summed E-state index contributed by atoms with van der Waals surface area (Å²) in [7, 11) is -8.46. The van der Waals surface area contributed by atoms with Crippen LogP contribution in [0, 0.1) is 0 Å². The van der Waals surface area contributed by atoms with Crippen LogP contribution >= 0.6 is 0 Å². The van der Waals surface area contributed by atoms with E-state index < -0.39 is 20.5 Å². The van der Waals surface area contributed by atoms with Gasteiger partial charge in [-0.3, -0.25) is 13.7 Å². The number of hydrogen-bond acceptors (Lipinski definition) is 4. The van der Waals surface area contributed by atoms with Crippen LogP contribution in [0.2, 0.25) is 0 Å². The maximum absolute atomic E-state index is 9.72. The molecule has 0 aliphatic carbocycles. The summed E-state index contributed by atoms with van der Waals surface area (Å²) in [5.74, 6) is -0.368. The summed E-state index contributed by atoms with van der Waals surface area (Å²) in [5, 5.41) is 0. The smallest absolute Gasteiger partial charge is 1.00 e. The van der Waals surface area contributed by atoms with Crippen LogP contribution in [-0.4, -0.2) is 36.2 Å². The van der Waals surface area contributed by atoms with Crippen molar-refractivity contribution >= 4 is 20.5 Å². The predicted molar refractivity (Wildman–Crippen MR) is 41.9 cm³/mol. The van der Waals surface area contributed by atoms with E-state index >= 15 is 0 Å². The molecule has 0 aliphatic rings. The summed E-state index contributed by atoms with van der Waals surface area (Å²) in [6, 6.07) is 0. The predicted octanol–water partition coefficient (Wildman–Crippen LogP) is -3.48. The molecular weight excluding hydrogens is 235 g/mol. The fourth-order valence-corrected chi connectivity index (χ4v) is 0.447. The van der Waals surface area contributed by atoms with E-state index in [1.165, 1.54) is 0 Å². The number of rotatable bonds is 2. The monoisotopic (exact) mass is 244 g/mol. The van der Waals surface area contributed by atoms with Crippen molar-refractivity contribution in [2.75, 3.05) is 5.75 Å². The average Bonchev–Trinajstić information content (AvgIpc) is 1.54. The quantitative estimate of drug-likeness (QED) is 0.261. The van der Waals surface area contributed by atoms with Crippen LogP contribution in [0.1, 0.15) is 1.43 Å². The Balaban J connectivity index is -0.0000000651. The van der Waals surface area contributed by atoms with Gasteiger partial charge in [-0.2, -0.15) is 16.8 Å².